The lowest BCUT2D eigenvalue weighted by Crippen LogP contribution is -2.23. The molecule has 0 saturated carbocycles. The SMILES string of the molecule is O=C(NCc1ccncc1)c1coc(COc2cccc3cccnc23)n1. The van der Waals surface area contributed by atoms with Crippen LogP contribution >= 0.6 is 0 Å². The third-order valence-corrected chi connectivity index (χ3v) is 3.93. The molecule has 0 aliphatic carbocycles. The molecule has 0 fully saturated rings. The number of ether oxygens (including phenoxy) is 1. The Balaban J connectivity index is 1.38. The van der Waals surface area contributed by atoms with Crippen molar-refractivity contribution in [3.8, 4) is 5.75 Å². The largest absolute Gasteiger partial charge is 0.482 e. The number of aromatic nitrogens is 3. The molecule has 7 heteroatoms. The summed E-state index contributed by atoms with van der Waals surface area (Å²) in [6.45, 7) is 0.495. The summed E-state index contributed by atoms with van der Waals surface area (Å²) in [5, 5.41) is 3.77. The molecular formula is C20H16N4O3. The molecule has 0 radical (unpaired) electrons. The molecule has 4 aromatic rings. The molecule has 3 aromatic heterocycles. The number of carbonyl (C=O) groups is 1. The van der Waals surface area contributed by atoms with Crippen LogP contribution in [0.3, 0.4) is 0 Å². The molecule has 0 atom stereocenters. The summed E-state index contributed by atoms with van der Waals surface area (Å²) < 4.78 is 11.1. The maximum absolute atomic E-state index is 12.2. The summed E-state index contributed by atoms with van der Waals surface area (Å²) in [7, 11) is 0. The van der Waals surface area contributed by atoms with Crippen LogP contribution in [0.15, 0.2) is 71.7 Å². The van der Waals surface area contributed by atoms with Gasteiger partial charge in [-0.3, -0.25) is 14.8 Å². The van der Waals surface area contributed by atoms with Crippen LogP contribution in [0, 0.1) is 0 Å². The zero-order chi connectivity index (χ0) is 18.5. The minimum absolute atomic E-state index is 0.104. The first-order valence-corrected chi connectivity index (χ1v) is 8.37. The summed E-state index contributed by atoms with van der Waals surface area (Å²) in [5.41, 5.74) is 1.93. The van der Waals surface area contributed by atoms with Gasteiger partial charge in [0.05, 0.1) is 0 Å². The van der Waals surface area contributed by atoms with Gasteiger partial charge in [-0.05, 0) is 29.8 Å². The Labute approximate surface area is 155 Å². The molecule has 7 nitrogen and oxygen atoms in total. The van der Waals surface area contributed by atoms with Crippen molar-refractivity contribution in [1.82, 2.24) is 20.3 Å². The van der Waals surface area contributed by atoms with E-state index in [-0.39, 0.29) is 18.2 Å². The summed E-state index contributed by atoms with van der Waals surface area (Å²) in [6, 6.07) is 13.2. The molecule has 27 heavy (non-hydrogen) atoms. The van der Waals surface area contributed by atoms with Crippen LogP contribution in [-0.4, -0.2) is 20.9 Å². The van der Waals surface area contributed by atoms with E-state index in [0.29, 0.717) is 18.2 Å². The number of nitrogens with one attached hydrogen (secondary N) is 1. The van der Waals surface area contributed by atoms with Crippen molar-refractivity contribution in [1.29, 1.82) is 0 Å². The first kappa shape index (κ1) is 16.7. The molecule has 1 N–H and O–H groups in total. The molecule has 0 saturated heterocycles. The lowest BCUT2D eigenvalue weighted by Gasteiger charge is -2.06. The van der Waals surface area contributed by atoms with Gasteiger partial charge in [0.25, 0.3) is 5.91 Å². The highest BCUT2D eigenvalue weighted by Crippen LogP contribution is 2.23. The zero-order valence-corrected chi connectivity index (χ0v) is 14.3. The molecule has 0 aliphatic rings. The Morgan fingerprint density at radius 3 is 2.81 bits per heavy atom. The maximum Gasteiger partial charge on any atom is 0.273 e. The van der Waals surface area contributed by atoms with E-state index in [0.717, 1.165) is 16.5 Å². The van der Waals surface area contributed by atoms with Crippen LogP contribution in [0.2, 0.25) is 0 Å². The Morgan fingerprint density at radius 2 is 1.93 bits per heavy atom. The Hall–Kier alpha value is -3.74. The van der Waals surface area contributed by atoms with Crippen molar-refractivity contribution in [3.05, 3.63) is 84.5 Å². The predicted molar refractivity (Wildman–Crippen MR) is 98.0 cm³/mol. The summed E-state index contributed by atoms with van der Waals surface area (Å²) in [4.78, 5) is 24.6. The van der Waals surface area contributed by atoms with Gasteiger partial charge >= 0.3 is 0 Å². The molecule has 3 heterocycles. The number of benzene rings is 1. The van der Waals surface area contributed by atoms with E-state index in [9.17, 15) is 4.79 Å². The van der Waals surface area contributed by atoms with Crippen LogP contribution in [-0.2, 0) is 13.2 Å². The Morgan fingerprint density at radius 1 is 1.07 bits per heavy atom. The Bertz CT molecular complexity index is 1060. The zero-order valence-electron chi connectivity index (χ0n) is 14.3. The molecular weight excluding hydrogens is 344 g/mol. The van der Waals surface area contributed by atoms with Gasteiger partial charge in [0.2, 0.25) is 5.89 Å². The second kappa shape index (κ2) is 7.65. The average molecular weight is 360 g/mol. The normalized spacial score (nSPS) is 10.7. The molecule has 134 valence electrons. The molecule has 1 aromatic carbocycles. The second-order valence-electron chi connectivity index (χ2n) is 5.78. The van der Waals surface area contributed by atoms with Gasteiger partial charge in [-0.15, -0.1) is 0 Å². The van der Waals surface area contributed by atoms with Crippen LogP contribution in [0.25, 0.3) is 10.9 Å². The number of carbonyl (C=O) groups excluding carboxylic acids is 1. The lowest BCUT2D eigenvalue weighted by molar-refractivity contribution is 0.0946. The van der Waals surface area contributed by atoms with Crippen molar-refractivity contribution in [2.24, 2.45) is 0 Å². The summed E-state index contributed by atoms with van der Waals surface area (Å²) in [5.74, 6) is 0.639. The maximum atomic E-state index is 12.2. The van der Waals surface area contributed by atoms with Crippen molar-refractivity contribution >= 4 is 16.8 Å². The second-order valence-corrected chi connectivity index (χ2v) is 5.78. The van der Waals surface area contributed by atoms with E-state index >= 15 is 0 Å². The standard InChI is InChI=1S/C20H16N4O3/c25-20(23-11-14-6-9-21-10-7-14)16-12-27-18(24-16)13-26-17-5-1-3-15-4-2-8-22-19(15)17/h1-10,12H,11,13H2,(H,23,25). The number of pyridine rings is 2. The van der Waals surface area contributed by atoms with E-state index in [1.807, 2.05) is 42.5 Å². The van der Waals surface area contributed by atoms with E-state index in [1.165, 1.54) is 6.26 Å². The highest BCUT2D eigenvalue weighted by molar-refractivity contribution is 5.91. The van der Waals surface area contributed by atoms with Crippen LogP contribution in [0.1, 0.15) is 21.9 Å². The summed E-state index contributed by atoms with van der Waals surface area (Å²) >= 11 is 0. The first-order chi connectivity index (χ1) is 13.3. The van der Waals surface area contributed by atoms with Gasteiger partial charge in [0, 0.05) is 30.5 Å². The van der Waals surface area contributed by atoms with E-state index in [2.05, 4.69) is 20.3 Å². The fourth-order valence-electron chi connectivity index (χ4n) is 2.59. The topological polar surface area (TPSA) is 90.1 Å². The molecule has 0 bridgehead atoms. The number of fused-ring (bicyclic) bond motifs is 1. The minimum atomic E-state index is -0.311. The third-order valence-electron chi connectivity index (χ3n) is 3.93. The van der Waals surface area contributed by atoms with Crippen LogP contribution < -0.4 is 10.1 Å². The molecule has 0 unspecified atom stereocenters. The number of hydrogen-bond acceptors (Lipinski definition) is 6. The van der Waals surface area contributed by atoms with E-state index < -0.39 is 0 Å². The fourth-order valence-corrected chi connectivity index (χ4v) is 2.59. The van der Waals surface area contributed by atoms with E-state index in [4.69, 9.17) is 9.15 Å². The molecule has 0 spiro atoms. The molecule has 0 aliphatic heterocycles. The van der Waals surface area contributed by atoms with E-state index in [1.54, 1.807) is 18.6 Å². The predicted octanol–water partition coefficient (Wildman–Crippen LogP) is 3.13. The van der Waals surface area contributed by atoms with Gasteiger partial charge < -0.3 is 14.5 Å². The number of rotatable bonds is 6. The van der Waals surface area contributed by atoms with Gasteiger partial charge in [-0.1, -0.05) is 18.2 Å². The highest BCUT2D eigenvalue weighted by Gasteiger charge is 2.13. The average Bonchev–Trinajstić information content (AvgIpc) is 3.20. The van der Waals surface area contributed by atoms with Gasteiger partial charge in [0.1, 0.15) is 17.5 Å². The van der Waals surface area contributed by atoms with Crippen molar-refractivity contribution in [2.75, 3.05) is 0 Å². The lowest BCUT2D eigenvalue weighted by atomic mass is 10.2. The highest BCUT2D eigenvalue weighted by atomic mass is 16.5. The van der Waals surface area contributed by atoms with Crippen molar-refractivity contribution in [2.45, 2.75) is 13.2 Å². The molecule has 4 rings (SSSR count). The summed E-state index contributed by atoms with van der Waals surface area (Å²) in [6.07, 6.45) is 6.39. The van der Waals surface area contributed by atoms with Gasteiger partial charge in [0.15, 0.2) is 12.3 Å². The van der Waals surface area contributed by atoms with Crippen LogP contribution in [0.4, 0.5) is 0 Å². The molecule has 1 amide bonds. The number of nitrogens with zero attached hydrogens (tertiary/aromatic N) is 3. The number of para-hydroxylation sites is 1. The number of oxazole rings is 1. The monoisotopic (exact) mass is 360 g/mol. The quantitative estimate of drug-likeness (QED) is 0.568. The van der Waals surface area contributed by atoms with Crippen molar-refractivity contribution in [3.63, 3.8) is 0 Å². The minimum Gasteiger partial charge on any atom is -0.482 e. The number of amides is 1. The Kier molecular flexibility index (Phi) is 4.74. The van der Waals surface area contributed by atoms with Gasteiger partial charge in [-0.25, -0.2) is 4.98 Å². The van der Waals surface area contributed by atoms with Crippen molar-refractivity contribution < 1.29 is 13.9 Å². The third kappa shape index (κ3) is 3.92. The fraction of sp³-hybridized carbons (Fsp3) is 0.100. The van der Waals surface area contributed by atoms with Gasteiger partial charge in [-0.2, -0.15) is 0 Å². The smallest absolute Gasteiger partial charge is 0.273 e. The number of hydrogen-bond donors (Lipinski definition) is 1. The van der Waals surface area contributed by atoms with Crippen LogP contribution in [0.5, 0.6) is 5.75 Å². The first-order valence-electron chi connectivity index (χ1n) is 8.37.